The minimum absolute atomic E-state index is 0.00433. The predicted octanol–water partition coefficient (Wildman–Crippen LogP) is 6.54. The molecule has 0 saturated heterocycles. The largest absolute Gasteiger partial charge is 0.494 e. The number of benzene rings is 2. The summed E-state index contributed by atoms with van der Waals surface area (Å²) >= 11 is 0. The Kier molecular flexibility index (Phi) is 8.58. The van der Waals surface area contributed by atoms with Crippen LogP contribution in [-0.4, -0.2) is 39.6 Å². The van der Waals surface area contributed by atoms with Gasteiger partial charge in [-0.1, -0.05) is 6.92 Å². The fourth-order valence-electron chi connectivity index (χ4n) is 4.09. The molecule has 0 saturated carbocycles. The van der Waals surface area contributed by atoms with Gasteiger partial charge in [-0.25, -0.2) is 27.3 Å². The summed E-state index contributed by atoms with van der Waals surface area (Å²) in [5.74, 6) is 0.0366. The van der Waals surface area contributed by atoms with Crippen LogP contribution < -0.4 is 15.4 Å². The molecule has 1 aliphatic rings. The lowest BCUT2D eigenvalue weighted by Crippen LogP contribution is -2.08. The third kappa shape index (κ3) is 7.38. The number of rotatable bonds is 4. The number of fused-ring (bicyclic) bond motifs is 7. The van der Waals surface area contributed by atoms with Gasteiger partial charge in [0.25, 0.3) is 0 Å². The zero-order chi connectivity index (χ0) is 26.4. The average Bonchev–Trinajstić information content (AvgIpc) is 2.84. The highest BCUT2D eigenvalue weighted by atomic mass is 32.2. The second kappa shape index (κ2) is 11.9. The highest BCUT2D eigenvalue weighted by molar-refractivity contribution is 7.92. The van der Waals surface area contributed by atoms with E-state index in [2.05, 4.69) is 25.0 Å². The van der Waals surface area contributed by atoms with E-state index in [9.17, 15) is 13.0 Å². The first-order chi connectivity index (χ1) is 17.7. The predicted molar refractivity (Wildman–Crippen MR) is 145 cm³/mol. The highest BCUT2D eigenvalue weighted by Gasteiger charge is 2.15. The van der Waals surface area contributed by atoms with Crippen LogP contribution in [0.25, 0.3) is 11.3 Å². The normalized spacial score (nSPS) is 16.2. The fraction of sp³-hybridized carbons (Fsp3) is 0.407. The molecule has 4 rings (SSSR count). The first-order valence-corrected chi connectivity index (χ1v) is 14.6. The number of anilines is 3. The summed E-state index contributed by atoms with van der Waals surface area (Å²) in [6, 6.07) is 9.90. The number of hydrogen-bond donors (Lipinski definition) is 2. The highest BCUT2D eigenvalue weighted by Crippen LogP contribution is 2.29. The van der Waals surface area contributed by atoms with Crippen molar-refractivity contribution in [2.24, 2.45) is 4.36 Å². The number of aromatic nitrogens is 2. The van der Waals surface area contributed by atoms with Gasteiger partial charge in [0.15, 0.2) is 5.82 Å². The number of nitrogens with one attached hydrogen (secondary N) is 2. The van der Waals surface area contributed by atoms with Gasteiger partial charge < -0.3 is 15.4 Å². The van der Waals surface area contributed by atoms with Crippen LogP contribution in [0.2, 0.25) is 0 Å². The lowest BCUT2D eigenvalue weighted by molar-refractivity contribution is 0.306. The maximum Gasteiger partial charge on any atom is 0.227 e. The van der Waals surface area contributed by atoms with Gasteiger partial charge in [0.1, 0.15) is 17.3 Å². The van der Waals surface area contributed by atoms with E-state index < -0.39 is 21.4 Å². The van der Waals surface area contributed by atoms with Crippen LogP contribution in [0.5, 0.6) is 5.75 Å². The smallest absolute Gasteiger partial charge is 0.227 e. The standard InChI is InChI=1S/C27H33F2N5O2S/c1-4-18(2)34-37(3,35)17-19-12-21-15-22(13-19)36-11-7-5-6-10-30-25-14-20(8-9-23(25)28)26-24(29)16-31-27(32-21)33-26/h8-9,12-16,18,30H,4-7,10-11,17H2,1-3H3,(H,31,32,33). The van der Waals surface area contributed by atoms with Crippen LogP contribution in [0.3, 0.4) is 0 Å². The van der Waals surface area contributed by atoms with Gasteiger partial charge in [-0.2, -0.15) is 0 Å². The Morgan fingerprint density at radius 1 is 1.14 bits per heavy atom. The topological polar surface area (TPSA) is 88.5 Å². The molecule has 2 N–H and O–H groups in total. The SMILES string of the molecule is CCC(C)N=S(C)(=O)Cc1cc2cc(c1)OCCCCCNc1cc(ccc1F)-c1nc(ncc1F)N2. The third-order valence-electron chi connectivity index (χ3n) is 6.04. The number of halogens is 2. The van der Waals surface area contributed by atoms with E-state index >= 15 is 0 Å². The second-order valence-electron chi connectivity index (χ2n) is 9.38. The van der Waals surface area contributed by atoms with Crippen molar-refractivity contribution in [2.45, 2.75) is 51.3 Å². The maximum absolute atomic E-state index is 14.7. The van der Waals surface area contributed by atoms with Crippen LogP contribution in [0.1, 0.15) is 45.1 Å². The lowest BCUT2D eigenvalue weighted by Gasteiger charge is -2.14. The third-order valence-corrected chi connectivity index (χ3v) is 7.71. The van der Waals surface area contributed by atoms with Crippen molar-refractivity contribution in [3.05, 3.63) is 59.8 Å². The quantitative estimate of drug-likeness (QED) is 0.399. The maximum atomic E-state index is 14.7. The molecule has 6 bridgehead atoms. The zero-order valence-electron chi connectivity index (χ0n) is 21.4. The molecule has 0 radical (unpaired) electrons. The summed E-state index contributed by atoms with van der Waals surface area (Å²) in [4.78, 5) is 8.46. The molecule has 3 aromatic rings. The van der Waals surface area contributed by atoms with Gasteiger partial charge in [-0.15, -0.1) is 0 Å². The molecular formula is C27H33F2N5O2S. The van der Waals surface area contributed by atoms with Gasteiger partial charge in [-0.3, -0.25) is 0 Å². The van der Waals surface area contributed by atoms with Crippen LogP contribution in [0.4, 0.5) is 26.1 Å². The molecule has 1 aliphatic heterocycles. The summed E-state index contributed by atoms with van der Waals surface area (Å²) in [5, 5.41) is 6.21. The van der Waals surface area contributed by atoms with Crippen molar-refractivity contribution >= 4 is 27.1 Å². The van der Waals surface area contributed by atoms with E-state index in [1.54, 1.807) is 12.3 Å². The molecule has 2 heterocycles. The van der Waals surface area contributed by atoms with Gasteiger partial charge >= 0.3 is 0 Å². The van der Waals surface area contributed by atoms with Crippen LogP contribution >= 0.6 is 0 Å². The molecule has 2 unspecified atom stereocenters. The molecule has 1 aromatic heterocycles. The van der Waals surface area contributed by atoms with Crippen LogP contribution in [0, 0.1) is 11.6 Å². The van der Waals surface area contributed by atoms with E-state index in [1.807, 2.05) is 32.0 Å². The van der Waals surface area contributed by atoms with Crippen molar-refractivity contribution < 1.29 is 17.7 Å². The summed E-state index contributed by atoms with van der Waals surface area (Å²) < 4.78 is 52.8. The van der Waals surface area contributed by atoms with Crippen molar-refractivity contribution in [1.29, 1.82) is 0 Å². The molecular weight excluding hydrogens is 496 g/mol. The Labute approximate surface area is 217 Å². The van der Waals surface area contributed by atoms with Gasteiger partial charge in [-0.05, 0) is 68.5 Å². The molecule has 7 nitrogen and oxygen atoms in total. The minimum Gasteiger partial charge on any atom is -0.494 e. The Bertz CT molecular complexity index is 1370. The lowest BCUT2D eigenvalue weighted by atomic mass is 10.1. The van der Waals surface area contributed by atoms with E-state index in [1.165, 1.54) is 12.1 Å². The molecule has 0 fully saturated rings. The monoisotopic (exact) mass is 529 g/mol. The van der Waals surface area contributed by atoms with E-state index in [4.69, 9.17) is 4.74 Å². The molecule has 0 amide bonds. The summed E-state index contributed by atoms with van der Waals surface area (Å²) in [6.07, 6.45) is 6.09. The van der Waals surface area contributed by atoms with Gasteiger partial charge in [0, 0.05) is 39.8 Å². The number of hydrogen-bond acceptors (Lipinski definition) is 7. The minimum atomic E-state index is -2.46. The van der Waals surface area contributed by atoms with Crippen LogP contribution in [0.15, 0.2) is 47.0 Å². The summed E-state index contributed by atoms with van der Waals surface area (Å²) in [5.41, 5.74) is 2.21. The first-order valence-electron chi connectivity index (χ1n) is 12.5. The Hall–Kier alpha value is -3.27. The first kappa shape index (κ1) is 26.8. The van der Waals surface area contributed by atoms with Crippen molar-refractivity contribution in [2.75, 3.05) is 30.0 Å². The number of ether oxygens (including phenoxy) is 1. The molecule has 37 heavy (non-hydrogen) atoms. The Morgan fingerprint density at radius 3 is 2.78 bits per heavy atom. The average molecular weight is 530 g/mol. The van der Waals surface area contributed by atoms with Gasteiger partial charge in [0.2, 0.25) is 5.95 Å². The van der Waals surface area contributed by atoms with Gasteiger partial charge in [0.05, 0.1) is 30.3 Å². The molecule has 10 heteroatoms. The van der Waals surface area contributed by atoms with Crippen LogP contribution in [-0.2, 0) is 15.5 Å². The Morgan fingerprint density at radius 2 is 1.97 bits per heavy atom. The van der Waals surface area contributed by atoms with E-state index in [0.717, 1.165) is 37.4 Å². The molecule has 2 aromatic carbocycles. The summed E-state index contributed by atoms with van der Waals surface area (Å²) in [6.45, 7) is 5.04. The zero-order valence-corrected chi connectivity index (χ0v) is 22.2. The Balaban J connectivity index is 1.72. The second-order valence-corrected chi connectivity index (χ2v) is 11.8. The van der Waals surface area contributed by atoms with E-state index in [0.29, 0.717) is 35.8 Å². The van der Waals surface area contributed by atoms with Crippen molar-refractivity contribution in [3.63, 3.8) is 0 Å². The fourth-order valence-corrected chi connectivity index (χ4v) is 5.86. The summed E-state index contributed by atoms with van der Waals surface area (Å²) in [7, 11) is -2.46. The van der Waals surface area contributed by atoms with Crippen molar-refractivity contribution in [3.8, 4) is 17.0 Å². The number of nitrogens with zero attached hydrogens (tertiary/aromatic N) is 3. The molecule has 0 aliphatic carbocycles. The van der Waals surface area contributed by atoms with E-state index in [-0.39, 0.29) is 23.4 Å². The molecule has 198 valence electrons. The molecule has 0 spiro atoms. The van der Waals surface area contributed by atoms with Crippen molar-refractivity contribution in [1.82, 2.24) is 9.97 Å². The molecule has 2 atom stereocenters.